The van der Waals surface area contributed by atoms with Gasteiger partial charge in [0.25, 0.3) is 5.91 Å². The summed E-state index contributed by atoms with van der Waals surface area (Å²) in [6.45, 7) is 9.64. The van der Waals surface area contributed by atoms with Crippen molar-refractivity contribution >= 4 is 17.6 Å². The molecule has 1 aromatic heterocycles. The van der Waals surface area contributed by atoms with Gasteiger partial charge in [-0.3, -0.25) is 4.79 Å². The van der Waals surface area contributed by atoms with E-state index in [1.807, 2.05) is 55.1 Å². The van der Waals surface area contributed by atoms with E-state index in [9.17, 15) is 9.59 Å². The quantitative estimate of drug-likeness (QED) is 0.519. The van der Waals surface area contributed by atoms with Crippen molar-refractivity contribution in [2.24, 2.45) is 0 Å². The third-order valence-electron chi connectivity index (χ3n) is 6.61. The lowest BCUT2D eigenvalue weighted by molar-refractivity contribution is 0.0918. The molecule has 6 heteroatoms. The Morgan fingerprint density at radius 3 is 2.32 bits per heavy atom. The van der Waals surface area contributed by atoms with Gasteiger partial charge in [-0.15, -0.1) is 0 Å². The van der Waals surface area contributed by atoms with Crippen LogP contribution in [-0.4, -0.2) is 40.5 Å². The van der Waals surface area contributed by atoms with Gasteiger partial charge >= 0.3 is 6.03 Å². The molecular weight excluding hydrogens is 424 g/mol. The van der Waals surface area contributed by atoms with Gasteiger partial charge in [0.15, 0.2) is 0 Å². The topological polar surface area (TPSA) is 66.4 Å². The van der Waals surface area contributed by atoms with E-state index in [4.69, 9.17) is 0 Å². The van der Waals surface area contributed by atoms with Crippen molar-refractivity contribution in [1.82, 2.24) is 14.8 Å². The highest BCUT2D eigenvalue weighted by Gasteiger charge is 2.25. The zero-order valence-corrected chi connectivity index (χ0v) is 20.5. The number of carbonyl (C=O) groups is 2. The molecule has 0 bridgehead atoms. The molecule has 0 atom stereocenters. The van der Waals surface area contributed by atoms with E-state index in [1.54, 1.807) is 0 Å². The summed E-state index contributed by atoms with van der Waals surface area (Å²) in [7, 11) is 0. The molecule has 1 fully saturated rings. The molecule has 34 heavy (non-hydrogen) atoms. The molecule has 2 aromatic carbocycles. The molecule has 6 nitrogen and oxygen atoms in total. The number of hydrogen-bond acceptors (Lipinski definition) is 2. The summed E-state index contributed by atoms with van der Waals surface area (Å²) >= 11 is 0. The Hall–Kier alpha value is -3.54. The molecule has 0 spiro atoms. The van der Waals surface area contributed by atoms with Gasteiger partial charge in [-0.2, -0.15) is 0 Å². The molecule has 3 amide bonds. The Balaban J connectivity index is 1.38. The molecule has 0 unspecified atom stereocenters. The first-order chi connectivity index (χ1) is 16.3. The second kappa shape index (κ2) is 10.2. The Kier molecular flexibility index (Phi) is 7.06. The molecule has 0 aliphatic carbocycles. The van der Waals surface area contributed by atoms with Crippen LogP contribution < -0.4 is 10.6 Å². The van der Waals surface area contributed by atoms with Crippen molar-refractivity contribution in [2.75, 3.05) is 18.4 Å². The van der Waals surface area contributed by atoms with Crippen LogP contribution in [-0.2, 0) is 0 Å². The number of amides is 3. The first kappa shape index (κ1) is 23.6. The highest BCUT2D eigenvalue weighted by molar-refractivity contribution is 5.96. The number of urea groups is 1. The first-order valence-corrected chi connectivity index (χ1v) is 12.0. The summed E-state index contributed by atoms with van der Waals surface area (Å²) < 4.78 is 2.15. The Morgan fingerprint density at radius 2 is 1.65 bits per heavy atom. The van der Waals surface area contributed by atoms with E-state index in [2.05, 4.69) is 53.3 Å². The second-order valence-corrected chi connectivity index (χ2v) is 9.40. The number of likely N-dealkylation sites (tertiary alicyclic amines) is 1. The standard InChI is InChI=1S/C28H34N4O2/c1-19(2)22-9-8-12-25(18-22)32-20(3)17-26(21(32)4)27(33)29-24-13-15-31(16-14-24)28(34)30-23-10-6-5-7-11-23/h5-12,17-19,24H,13-16H2,1-4H3,(H,29,33)(H,30,34). The predicted molar refractivity (Wildman–Crippen MR) is 137 cm³/mol. The summed E-state index contributed by atoms with van der Waals surface area (Å²) in [4.78, 5) is 27.5. The number of para-hydroxylation sites is 1. The minimum Gasteiger partial charge on any atom is -0.349 e. The molecule has 1 saturated heterocycles. The van der Waals surface area contributed by atoms with Crippen LogP contribution in [0.4, 0.5) is 10.5 Å². The summed E-state index contributed by atoms with van der Waals surface area (Å²) in [5.41, 5.74) is 5.83. The van der Waals surface area contributed by atoms with E-state index in [-0.39, 0.29) is 18.0 Å². The molecule has 178 valence electrons. The molecule has 2 heterocycles. The number of nitrogens with one attached hydrogen (secondary N) is 2. The number of nitrogens with zero attached hydrogens (tertiary/aromatic N) is 2. The fourth-order valence-corrected chi connectivity index (χ4v) is 4.63. The lowest BCUT2D eigenvalue weighted by Crippen LogP contribution is -2.47. The number of rotatable bonds is 5. The number of aromatic nitrogens is 1. The fourth-order valence-electron chi connectivity index (χ4n) is 4.63. The monoisotopic (exact) mass is 458 g/mol. The summed E-state index contributed by atoms with van der Waals surface area (Å²) in [6, 6.07) is 19.9. The van der Waals surface area contributed by atoms with Crippen LogP contribution in [0, 0.1) is 13.8 Å². The Labute approximate surface area is 202 Å². The van der Waals surface area contributed by atoms with E-state index < -0.39 is 0 Å². The van der Waals surface area contributed by atoms with Gasteiger partial charge in [0.05, 0.1) is 5.56 Å². The SMILES string of the molecule is Cc1cc(C(=O)NC2CCN(C(=O)Nc3ccccc3)CC2)c(C)n1-c1cccc(C(C)C)c1. The smallest absolute Gasteiger partial charge is 0.321 e. The number of aryl methyl sites for hydroxylation is 1. The van der Waals surface area contributed by atoms with Crippen LogP contribution in [0.2, 0.25) is 0 Å². The molecule has 0 radical (unpaired) electrons. The molecule has 0 saturated carbocycles. The second-order valence-electron chi connectivity index (χ2n) is 9.40. The first-order valence-electron chi connectivity index (χ1n) is 12.0. The maximum Gasteiger partial charge on any atom is 0.321 e. The van der Waals surface area contributed by atoms with Crippen molar-refractivity contribution in [3.8, 4) is 5.69 Å². The van der Waals surface area contributed by atoms with Crippen molar-refractivity contribution in [1.29, 1.82) is 0 Å². The van der Waals surface area contributed by atoms with Crippen LogP contribution in [0.15, 0.2) is 60.7 Å². The predicted octanol–water partition coefficient (Wildman–Crippen LogP) is 5.64. The number of hydrogen-bond donors (Lipinski definition) is 2. The summed E-state index contributed by atoms with van der Waals surface area (Å²) in [5.74, 6) is 0.395. The Bertz CT molecular complexity index is 1160. The van der Waals surface area contributed by atoms with Gasteiger partial charge in [0.1, 0.15) is 0 Å². The number of benzene rings is 2. The lowest BCUT2D eigenvalue weighted by atomic mass is 10.0. The zero-order valence-electron chi connectivity index (χ0n) is 20.5. The maximum absolute atomic E-state index is 13.1. The molecular formula is C28H34N4O2. The highest BCUT2D eigenvalue weighted by Crippen LogP contribution is 2.24. The van der Waals surface area contributed by atoms with E-state index in [1.165, 1.54) is 5.56 Å². The van der Waals surface area contributed by atoms with Crippen molar-refractivity contribution < 1.29 is 9.59 Å². The van der Waals surface area contributed by atoms with Crippen LogP contribution in [0.3, 0.4) is 0 Å². The van der Waals surface area contributed by atoms with Gasteiger partial charge in [-0.25, -0.2) is 4.79 Å². The average molecular weight is 459 g/mol. The van der Waals surface area contributed by atoms with Gasteiger partial charge in [0.2, 0.25) is 0 Å². The third-order valence-corrected chi connectivity index (χ3v) is 6.61. The fraction of sp³-hybridized carbons (Fsp3) is 0.357. The summed E-state index contributed by atoms with van der Waals surface area (Å²) in [5, 5.41) is 6.13. The van der Waals surface area contributed by atoms with Crippen molar-refractivity contribution in [3.63, 3.8) is 0 Å². The average Bonchev–Trinajstić information content (AvgIpc) is 3.14. The van der Waals surface area contributed by atoms with Crippen LogP contribution >= 0.6 is 0 Å². The number of anilines is 1. The number of piperidine rings is 1. The highest BCUT2D eigenvalue weighted by atomic mass is 16.2. The van der Waals surface area contributed by atoms with Gasteiger partial charge < -0.3 is 20.1 Å². The van der Waals surface area contributed by atoms with Gasteiger partial charge in [-0.1, -0.05) is 44.2 Å². The maximum atomic E-state index is 13.1. The third kappa shape index (κ3) is 5.16. The lowest BCUT2D eigenvalue weighted by Gasteiger charge is -2.32. The van der Waals surface area contributed by atoms with Gasteiger partial charge in [-0.05, 0) is 68.5 Å². The molecule has 4 rings (SSSR count). The van der Waals surface area contributed by atoms with E-state index in [0.29, 0.717) is 24.6 Å². The van der Waals surface area contributed by atoms with Crippen LogP contribution in [0.1, 0.15) is 59.9 Å². The molecule has 3 aromatic rings. The molecule has 1 aliphatic heterocycles. The zero-order chi connectivity index (χ0) is 24.2. The van der Waals surface area contributed by atoms with Crippen molar-refractivity contribution in [3.05, 3.63) is 83.2 Å². The van der Waals surface area contributed by atoms with E-state index >= 15 is 0 Å². The Morgan fingerprint density at radius 1 is 0.941 bits per heavy atom. The van der Waals surface area contributed by atoms with Crippen LogP contribution in [0.5, 0.6) is 0 Å². The largest absolute Gasteiger partial charge is 0.349 e. The normalized spacial score (nSPS) is 14.3. The van der Waals surface area contributed by atoms with Crippen molar-refractivity contribution in [2.45, 2.75) is 52.5 Å². The van der Waals surface area contributed by atoms with E-state index in [0.717, 1.165) is 35.6 Å². The minimum absolute atomic E-state index is 0.0495. The number of carbonyl (C=O) groups excluding carboxylic acids is 2. The van der Waals surface area contributed by atoms with Crippen LogP contribution in [0.25, 0.3) is 5.69 Å². The molecule has 1 aliphatic rings. The van der Waals surface area contributed by atoms with Gasteiger partial charge in [0, 0.05) is 41.9 Å². The summed E-state index contributed by atoms with van der Waals surface area (Å²) in [6.07, 6.45) is 1.48. The molecule has 2 N–H and O–H groups in total. The minimum atomic E-state index is -0.0943.